The largest absolute Gasteiger partial charge is 0.496 e. The lowest BCUT2D eigenvalue weighted by Gasteiger charge is -2.40. The molecule has 5 heteroatoms. The van der Waals surface area contributed by atoms with Gasteiger partial charge in [0.1, 0.15) is 11.6 Å². The van der Waals surface area contributed by atoms with Crippen molar-refractivity contribution in [1.29, 1.82) is 0 Å². The third kappa shape index (κ3) is 2.86. The average Bonchev–Trinajstić information content (AvgIpc) is 3.01. The van der Waals surface area contributed by atoms with Crippen molar-refractivity contribution in [1.82, 2.24) is 10.2 Å². The molecule has 0 bridgehead atoms. The monoisotopic (exact) mass is 320 g/mol. The zero-order valence-electron chi connectivity index (χ0n) is 13.7. The van der Waals surface area contributed by atoms with Gasteiger partial charge in [-0.1, -0.05) is 0 Å². The number of nitrogens with one attached hydrogen (secondary N) is 1. The normalized spacial score (nSPS) is 28.0. The maximum absolute atomic E-state index is 13.6. The minimum atomic E-state index is -0.174. The number of halogens is 1. The van der Waals surface area contributed by atoms with Crippen LogP contribution in [0, 0.1) is 5.82 Å². The Balaban J connectivity index is 1.39. The molecule has 0 aliphatic carbocycles. The standard InChI is InChI=1S/C18H25FN2O2/c1-22-17-3-2-14(19)8-16(17)13-4-6-21(7-5-13)15-9-18(23-10-15)11-20-12-18/h2-3,8,13,15,20H,4-7,9-12H2,1H3. The van der Waals surface area contributed by atoms with Crippen LogP contribution < -0.4 is 10.1 Å². The summed E-state index contributed by atoms with van der Waals surface area (Å²) in [5.74, 6) is 1.03. The summed E-state index contributed by atoms with van der Waals surface area (Å²) < 4.78 is 25.1. The molecule has 3 fully saturated rings. The molecule has 1 spiro atoms. The number of nitrogens with zero attached hydrogens (tertiary/aromatic N) is 1. The summed E-state index contributed by atoms with van der Waals surface area (Å²) in [6.45, 7) is 4.97. The maximum Gasteiger partial charge on any atom is 0.123 e. The van der Waals surface area contributed by atoms with Crippen molar-refractivity contribution in [3.8, 4) is 5.75 Å². The van der Waals surface area contributed by atoms with Gasteiger partial charge < -0.3 is 14.8 Å². The highest BCUT2D eigenvalue weighted by molar-refractivity contribution is 5.37. The van der Waals surface area contributed by atoms with Gasteiger partial charge in [-0.2, -0.15) is 0 Å². The van der Waals surface area contributed by atoms with Crippen molar-refractivity contribution in [2.24, 2.45) is 0 Å². The average molecular weight is 320 g/mol. The number of ether oxygens (including phenoxy) is 2. The van der Waals surface area contributed by atoms with Crippen LogP contribution in [0.1, 0.15) is 30.7 Å². The van der Waals surface area contributed by atoms with E-state index in [0.717, 1.165) is 63.4 Å². The second kappa shape index (κ2) is 6.04. The fourth-order valence-electron chi connectivity index (χ4n) is 4.30. The van der Waals surface area contributed by atoms with E-state index in [1.807, 2.05) is 0 Å². The quantitative estimate of drug-likeness (QED) is 0.925. The Hall–Kier alpha value is -1.17. The Labute approximate surface area is 136 Å². The molecule has 0 radical (unpaired) electrons. The van der Waals surface area contributed by atoms with Gasteiger partial charge in [0.25, 0.3) is 0 Å². The van der Waals surface area contributed by atoms with Gasteiger partial charge >= 0.3 is 0 Å². The molecule has 4 nitrogen and oxygen atoms in total. The molecule has 1 aromatic carbocycles. The van der Waals surface area contributed by atoms with E-state index in [1.165, 1.54) is 6.07 Å². The second-order valence-corrected chi connectivity index (χ2v) is 7.15. The number of rotatable bonds is 3. The van der Waals surface area contributed by atoms with Gasteiger partial charge in [0.05, 0.1) is 19.3 Å². The van der Waals surface area contributed by atoms with E-state index < -0.39 is 0 Å². The van der Waals surface area contributed by atoms with E-state index >= 15 is 0 Å². The van der Waals surface area contributed by atoms with Crippen LogP contribution in [-0.4, -0.2) is 56.4 Å². The third-order valence-electron chi connectivity index (χ3n) is 5.76. The highest BCUT2D eigenvalue weighted by Gasteiger charge is 2.47. The zero-order valence-corrected chi connectivity index (χ0v) is 13.7. The smallest absolute Gasteiger partial charge is 0.123 e. The van der Waals surface area contributed by atoms with Gasteiger partial charge in [0, 0.05) is 24.7 Å². The topological polar surface area (TPSA) is 33.7 Å². The first kappa shape index (κ1) is 15.4. The Bertz CT molecular complexity index is 568. The second-order valence-electron chi connectivity index (χ2n) is 7.15. The van der Waals surface area contributed by atoms with Crippen molar-refractivity contribution in [2.75, 3.05) is 39.9 Å². The number of benzene rings is 1. The molecule has 1 aromatic rings. The number of hydrogen-bond donors (Lipinski definition) is 1. The van der Waals surface area contributed by atoms with E-state index in [4.69, 9.17) is 9.47 Å². The zero-order chi connectivity index (χ0) is 15.9. The van der Waals surface area contributed by atoms with Gasteiger partial charge in [-0.15, -0.1) is 0 Å². The van der Waals surface area contributed by atoms with Crippen LogP contribution in [0.2, 0.25) is 0 Å². The minimum absolute atomic E-state index is 0.118. The van der Waals surface area contributed by atoms with E-state index in [0.29, 0.717) is 12.0 Å². The van der Waals surface area contributed by atoms with Crippen molar-refractivity contribution in [2.45, 2.75) is 36.8 Å². The molecule has 3 heterocycles. The maximum atomic E-state index is 13.6. The summed E-state index contributed by atoms with van der Waals surface area (Å²) in [5, 5.41) is 3.32. The molecule has 3 aliphatic rings. The van der Waals surface area contributed by atoms with Crippen LogP contribution in [0.4, 0.5) is 4.39 Å². The predicted octanol–water partition coefficient (Wildman–Crippen LogP) is 2.14. The van der Waals surface area contributed by atoms with Crippen molar-refractivity contribution in [3.05, 3.63) is 29.6 Å². The molecule has 1 atom stereocenters. The number of methoxy groups -OCH3 is 1. The molecular weight excluding hydrogens is 295 g/mol. The summed E-state index contributed by atoms with van der Waals surface area (Å²) in [7, 11) is 1.66. The molecule has 3 saturated heterocycles. The van der Waals surface area contributed by atoms with Gasteiger partial charge in [0.2, 0.25) is 0 Å². The summed E-state index contributed by atoms with van der Waals surface area (Å²) in [6, 6.07) is 5.41. The van der Waals surface area contributed by atoms with Crippen molar-refractivity contribution < 1.29 is 13.9 Å². The number of likely N-dealkylation sites (tertiary alicyclic amines) is 1. The Morgan fingerprint density at radius 1 is 1.30 bits per heavy atom. The van der Waals surface area contributed by atoms with Gasteiger partial charge in [-0.05, 0) is 56.5 Å². The van der Waals surface area contributed by atoms with Crippen molar-refractivity contribution >= 4 is 0 Å². The first-order chi connectivity index (χ1) is 11.2. The van der Waals surface area contributed by atoms with Gasteiger partial charge in [-0.25, -0.2) is 4.39 Å². The first-order valence-electron chi connectivity index (χ1n) is 8.61. The molecular formula is C18H25FN2O2. The van der Waals surface area contributed by atoms with Crippen molar-refractivity contribution in [3.63, 3.8) is 0 Å². The molecule has 126 valence electrons. The Kier molecular flexibility index (Phi) is 4.03. The number of hydrogen-bond acceptors (Lipinski definition) is 4. The van der Waals surface area contributed by atoms with Crippen LogP contribution in [-0.2, 0) is 4.74 Å². The van der Waals surface area contributed by atoms with Crippen LogP contribution in [0.3, 0.4) is 0 Å². The Morgan fingerprint density at radius 2 is 2.09 bits per heavy atom. The van der Waals surface area contributed by atoms with E-state index in [9.17, 15) is 4.39 Å². The highest BCUT2D eigenvalue weighted by Crippen LogP contribution is 2.38. The third-order valence-corrected chi connectivity index (χ3v) is 5.76. The lowest BCUT2D eigenvalue weighted by atomic mass is 9.86. The fourth-order valence-corrected chi connectivity index (χ4v) is 4.30. The van der Waals surface area contributed by atoms with Crippen LogP contribution >= 0.6 is 0 Å². The lowest BCUT2D eigenvalue weighted by molar-refractivity contribution is -0.0367. The molecule has 0 saturated carbocycles. The summed E-state index contributed by atoms with van der Waals surface area (Å²) in [4.78, 5) is 2.56. The van der Waals surface area contributed by atoms with E-state index in [1.54, 1.807) is 19.2 Å². The molecule has 3 aliphatic heterocycles. The number of piperidine rings is 1. The molecule has 23 heavy (non-hydrogen) atoms. The fraction of sp³-hybridized carbons (Fsp3) is 0.667. The van der Waals surface area contributed by atoms with Gasteiger partial charge in [0.15, 0.2) is 0 Å². The van der Waals surface area contributed by atoms with Crippen LogP contribution in [0.25, 0.3) is 0 Å². The predicted molar refractivity (Wildman–Crippen MR) is 86.5 cm³/mol. The Morgan fingerprint density at radius 3 is 2.70 bits per heavy atom. The lowest BCUT2D eigenvalue weighted by Crippen LogP contribution is -2.59. The first-order valence-corrected chi connectivity index (χ1v) is 8.61. The van der Waals surface area contributed by atoms with E-state index in [-0.39, 0.29) is 11.4 Å². The molecule has 0 aromatic heterocycles. The minimum Gasteiger partial charge on any atom is -0.496 e. The summed E-state index contributed by atoms with van der Waals surface area (Å²) in [6.07, 6.45) is 3.26. The highest BCUT2D eigenvalue weighted by atomic mass is 19.1. The summed E-state index contributed by atoms with van der Waals surface area (Å²) in [5.41, 5.74) is 1.14. The summed E-state index contributed by atoms with van der Waals surface area (Å²) >= 11 is 0. The molecule has 4 rings (SSSR count). The van der Waals surface area contributed by atoms with E-state index in [2.05, 4.69) is 10.2 Å². The SMILES string of the molecule is COc1ccc(F)cc1C1CCN(C2COC3(CNC3)C2)CC1. The molecule has 0 amide bonds. The molecule has 1 N–H and O–H groups in total. The molecule has 1 unspecified atom stereocenters. The van der Waals surface area contributed by atoms with Gasteiger partial charge in [-0.3, -0.25) is 4.90 Å². The van der Waals surface area contributed by atoms with Crippen LogP contribution in [0.15, 0.2) is 18.2 Å². The van der Waals surface area contributed by atoms with Crippen LogP contribution in [0.5, 0.6) is 5.75 Å².